The Morgan fingerprint density at radius 2 is 1.95 bits per heavy atom. The number of aryl methyl sites for hydroxylation is 1. The van der Waals surface area contributed by atoms with E-state index in [1.54, 1.807) is 18.6 Å². The summed E-state index contributed by atoms with van der Waals surface area (Å²) >= 11 is 0. The van der Waals surface area contributed by atoms with Crippen LogP contribution in [-0.2, 0) is 0 Å². The third-order valence-corrected chi connectivity index (χ3v) is 3.17. The van der Waals surface area contributed by atoms with Gasteiger partial charge < -0.3 is 5.73 Å². The van der Waals surface area contributed by atoms with Crippen LogP contribution in [0.3, 0.4) is 0 Å². The molecule has 1 aromatic carbocycles. The molecule has 2 heterocycles. The zero-order valence-electron chi connectivity index (χ0n) is 10.6. The molecule has 0 aliphatic rings. The molecule has 4 nitrogen and oxygen atoms in total. The molecule has 2 N–H and O–H groups in total. The van der Waals surface area contributed by atoms with E-state index in [0.717, 1.165) is 27.7 Å². The van der Waals surface area contributed by atoms with Crippen molar-refractivity contribution in [2.75, 3.05) is 0 Å². The highest BCUT2D eigenvalue weighted by Crippen LogP contribution is 2.25. The average Bonchev–Trinajstić information content (AvgIpc) is 2.47. The second-order valence-electron chi connectivity index (χ2n) is 4.50. The van der Waals surface area contributed by atoms with Gasteiger partial charge in [-0.25, -0.2) is 0 Å². The van der Waals surface area contributed by atoms with E-state index < -0.39 is 0 Å². The Labute approximate surface area is 111 Å². The lowest BCUT2D eigenvalue weighted by Gasteiger charge is -2.13. The third kappa shape index (κ3) is 2.18. The van der Waals surface area contributed by atoms with Gasteiger partial charge >= 0.3 is 0 Å². The van der Waals surface area contributed by atoms with Crippen LogP contribution in [0.2, 0.25) is 0 Å². The number of aromatic nitrogens is 3. The quantitative estimate of drug-likeness (QED) is 0.758. The molecule has 1 atom stereocenters. The lowest BCUT2D eigenvalue weighted by molar-refractivity contribution is 0.819. The van der Waals surface area contributed by atoms with E-state index in [1.165, 1.54) is 0 Å². The summed E-state index contributed by atoms with van der Waals surface area (Å²) in [6.07, 6.45) is 7.09. The second kappa shape index (κ2) is 4.74. The Morgan fingerprint density at radius 1 is 1.05 bits per heavy atom. The zero-order chi connectivity index (χ0) is 13.2. The molecule has 2 aromatic heterocycles. The number of nitrogens with zero attached hydrogens (tertiary/aromatic N) is 3. The van der Waals surface area contributed by atoms with Crippen LogP contribution < -0.4 is 5.73 Å². The second-order valence-corrected chi connectivity index (χ2v) is 4.50. The van der Waals surface area contributed by atoms with E-state index in [2.05, 4.69) is 15.0 Å². The minimum atomic E-state index is -0.279. The molecule has 0 spiro atoms. The molecule has 0 aliphatic carbocycles. The molecule has 0 amide bonds. The molecule has 3 rings (SSSR count). The number of benzene rings is 1. The van der Waals surface area contributed by atoms with Crippen molar-refractivity contribution in [1.82, 2.24) is 15.0 Å². The monoisotopic (exact) mass is 250 g/mol. The highest BCUT2D eigenvalue weighted by Gasteiger charge is 2.13. The van der Waals surface area contributed by atoms with E-state index in [0.29, 0.717) is 0 Å². The first kappa shape index (κ1) is 11.7. The number of hydrogen-bond donors (Lipinski definition) is 1. The molecule has 0 saturated heterocycles. The first-order chi connectivity index (χ1) is 9.25. The van der Waals surface area contributed by atoms with Crippen LogP contribution in [0.25, 0.3) is 10.8 Å². The fourth-order valence-electron chi connectivity index (χ4n) is 2.14. The fraction of sp³-hybridized carbons (Fsp3) is 0.133. The lowest BCUT2D eigenvalue weighted by Crippen LogP contribution is -2.14. The maximum absolute atomic E-state index is 6.31. The first-order valence-corrected chi connectivity index (χ1v) is 6.12. The van der Waals surface area contributed by atoms with Crippen molar-refractivity contribution < 1.29 is 0 Å². The number of rotatable bonds is 2. The topological polar surface area (TPSA) is 64.7 Å². The standard InChI is InChI=1S/C15H14N4/c1-10-7-19-14(9-18-10)15(16)13-4-2-3-11-8-17-6-5-12(11)13/h2-9,15H,16H2,1H3. The Balaban J connectivity index is 2.11. The van der Waals surface area contributed by atoms with Crippen molar-refractivity contribution in [3.05, 3.63) is 66.0 Å². The Bertz CT molecular complexity index is 701. The van der Waals surface area contributed by atoms with Gasteiger partial charge in [0.1, 0.15) is 0 Å². The first-order valence-electron chi connectivity index (χ1n) is 6.12. The molecule has 0 saturated carbocycles. The maximum Gasteiger partial charge on any atom is 0.0799 e. The zero-order valence-corrected chi connectivity index (χ0v) is 10.6. The van der Waals surface area contributed by atoms with Gasteiger partial charge in [-0.05, 0) is 23.9 Å². The molecule has 1 unspecified atom stereocenters. The van der Waals surface area contributed by atoms with Gasteiger partial charge in [0.15, 0.2) is 0 Å². The van der Waals surface area contributed by atoms with Crippen LogP contribution in [0, 0.1) is 6.92 Å². The van der Waals surface area contributed by atoms with E-state index in [-0.39, 0.29) is 6.04 Å². The summed E-state index contributed by atoms with van der Waals surface area (Å²) < 4.78 is 0. The maximum atomic E-state index is 6.31. The van der Waals surface area contributed by atoms with E-state index in [1.807, 2.05) is 37.4 Å². The fourth-order valence-corrected chi connectivity index (χ4v) is 2.14. The summed E-state index contributed by atoms with van der Waals surface area (Å²) in [7, 11) is 0. The highest BCUT2D eigenvalue weighted by atomic mass is 14.8. The van der Waals surface area contributed by atoms with E-state index >= 15 is 0 Å². The highest BCUT2D eigenvalue weighted by molar-refractivity contribution is 5.85. The Hall–Kier alpha value is -2.33. The SMILES string of the molecule is Cc1cnc(C(N)c2cccc3cnccc23)cn1. The smallest absolute Gasteiger partial charge is 0.0799 e. The van der Waals surface area contributed by atoms with Gasteiger partial charge in [0, 0.05) is 24.0 Å². The number of nitrogens with two attached hydrogens (primary N) is 1. The van der Waals surface area contributed by atoms with Crippen LogP contribution in [0.15, 0.2) is 49.1 Å². The molecular formula is C15H14N4. The average molecular weight is 250 g/mol. The summed E-state index contributed by atoms with van der Waals surface area (Å²) in [6.45, 7) is 1.91. The van der Waals surface area contributed by atoms with Crippen molar-refractivity contribution in [3.8, 4) is 0 Å². The molecule has 0 fully saturated rings. The van der Waals surface area contributed by atoms with Crippen molar-refractivity contribution in [3.63, 3.8) is 0 Å². The number of hydrogen-bond acceptors (Lipinski definition) is 4. The van der Waals surface area contributed by atoms with Gasteiger partial charge in [0.2, 0.25) is 0 Å². The molecule has 4 heteroatoms. The summed E-state index contributed by atoms with van der Waals surface area (Å²) in [4.78, 5) is 12.7. The number of pyridine rings is 1. The van der Waals surface area contributed by atoms with Crippen LogP contribution >= 0.6 is 0 Å². The summed E-state index contributed by atoms with van der Waals surface area (Å²) in [6, 6.07) is 7.74. The Morgan fingerprint density at radius 3 is 2.74 bits per heavy atom. The van der Waals surface area contributed by atoms with Gasteiger partial charge in [0.25, 0.3) is 0 Å². The van der Waals surface area contributed by atoms with Crippen molar-refractivity contribution in [2.45, 2.75) is 13.0 Å². The van der Waals surface area contributed by atoms with Gasteiger partial charge in [0.05, 0.1) is 23.6 Å². The molecule has 0 bridgehead atoms. The van der Waals surface area contributed by atoms with E-state index in [4.69, 9.17) is 5.73 Å². The van der Waals surface area contributed by atoms with Crippen molar-refractivity contribution in [2.24, 2.45) is 5.73 Å². The Kier molecular flexibility index (Phi) is 2.93. The minimum Gasteiger partial charge on any atom is -0.319 e. The van der Waals surface area contributed by atoms with Crippen LogP contribution in [0.5, 0.6) is 0 Å². The van der Waals surface area contributed by atoms with Gasteiger partial charge in [-0.3, -0.25) is 15.0 Å². The predicted octanol–water partition coefficient (Wildman–Crippen LogP) is 2.38. The minimum absolute atomic E-state index is 0.279. The molecule has 19 heavy (non-hydrogen) atoms. The van der Waals surface area contributed by atoms with Gasteiger partial charge in [-0.15, -0.1) is 0 Å². The number of fused-ring (bicyclic) bond motifs is 1. The molecule has 0 aliphatic heterocycles. The molecule has 0 radical (unpaired) electrons. The lowest BCUT2D eigenvalue weighted by atomic mass is 9.99. The largest absolute Gasteiger partial charge is 0.319 e. The summed E-state index contributed by atoms with van der Waals surface area (Å²) in [5.41, 5.74) is 9.01. The normalized spacial score (nSPS) is 12.5. The van der Waals surface area contributed by atoms with E-state index in [9.17, 15) is 0 Å². The van der Waals surface area contributed by atoms with Gasteiger partial charge in [-0.2, -0.15) is 0 Å². The summed E-state index contributed by atoms with van der Waals surface area (Å²) in [5.74, 6) is 0. The van der Waals surface area contributed by atoms with Crippen molar-refractivity contribution >= 4 is 10.8 Å². The van der Waals surface area contributed by atoms with Gasteiger partial charge in [-0.1, -0.05) is 18.2 Å². The van der Waals surface area contributed by atoms with Crippen molar-refractivity contribution in [1.29, 1.82) is 0 Å². The van der Waals surface area contributed by atoms with Crippen LogP contribution in [0.4, 0.5) is 0 Å². The predicted molar refractivity (Wildman–Crippen MR) is 74.5 cm³/mol. The summed E-state index contributed by atoms with van der Waals surface area (Å²) in [5, 5.41) is 2.18. The molecule has 3 aromatic rings. The van der Waals surface area contributed by atoms with Crippen LogP contribution in [-0.4, -0.2) is 15.0 Å². The molecular weight excluding hydrogens is 236 g/mol. The molecule has 94 valence electrons. The van der Waals surface area contributed by atoms with Crippen LogP contribution in [0.1, 0.15) is 23.0 Å². The third-order valence-electron chi connectivity index (χ3n) is 3.17.